The summed E-state index contributed by atoms with van der Waals surface area (Å²) in [4.78, 5) is 39.7. The van der Waals surface area contributed by atoms with Crippen molar-refractivity contribution in [3.8, 4) is 0 Å². The van der Waals surface area contributed by atoms with Gasteiger partial charge in [0.15, 0.2) is 0 Å². The molecule has 0 saturated heterocycles. The zero-order chi connectivity index (χ0) is 48.7. The van der Waals surface area contributed by atoms with Crippen LogP contribution in [0.25, 0.3) is 0 Å². The lowest BCUT2D eigenvalue weighted by atomic mass is 10.0. The van der Waals surface area contributed by atoms with E-state index in [9.17, 15) is 19.0 Å². The number of nitrogens with one attached hydrogen (secondary N) is 1. The molecule has 380 valence electrons. The van der Waals surface area contributed by atoms with Crippen molar-refractivity contribution in [2.45, 2.75) is 219 Å². The first kappa shape index (κ1) is 63.2. The molecular formula is C56H99N2O7P. The summed E-state index contributed by atoms with van der Waals surface area (Å²) < 4.78 is 30.1. The molecule has 10 heteroatoms. The summed E-state index contributed by atoms with van der Waals surface area (Å²) in [5, 5.41) is 2.99. The number of quaternary nitrogens is 1. The standard InChI is InChI=1S/C56H99N2O7P/c1-7-10-13-16-19-22-25-28-30-33-36-39-42-45-48-55(59)57-53(52-64-66(61,62)63-51-50-58(4,5)6)54(47-44-41-38-35-32-27-24-21-18-15-12-9-3)65-56(60)49-46-43-40-37-34-31-29-26-23-20-17-14-11-8-2/h10-11,13-14,19-20,22-23,28-31,44,47,53-54H,7-9,12,15-18,21,24-27,32-43,45-46,48-52H2,1-6H3,(H-,57,59,61,62)/b13-10+,14-11+,22-19+,23-20+,30-28+,31-29+,47-44+. The molecule has 0 aliphatic carbocycles. The molecule has 0 fully saturated rings. The number of phosphoric ester groups is 1. The highest BCUT2D eigenvalue weighted by atomic mass is 31.2. The van der Waals surface area contributed by atoms with Gasteiger partial charge in [0.05, 0.1) is 33.8 Å². The molecule has 0 aromatic heterocycles. The fraction of sp³-hybridized carbons (Fsp3) is 0.714. The van der Waals surface area contributed by atoms with Gasteiger partial charge >= 0.3 is 5.97 Å². The molecule has 0 aromatic carbocycles. The lowest BCUT2D eigenvalue weighted by Gasteiger charge is -2.30. The van der Waals surface area contributed by atoms with Gasteiger partial charge in [-0.3, -0.25) is 14.2 Å². The van der Waals surface area contributed by atoms with Gasteiger partial charge < -0.3 is 28.5 Å². The van der Waals surface area contributed by atoms with E-state index in [1.165, 1.54) is 51.4 Å². The number of hydrogen-bond donors (Lipinski definition) is 1. The fourth-order valence-electron chi connectivity index (χ4n) is 7.02. The van der Waals surface area contributed by atoms with E-state index in [1.807, 2.05) is 33.3 Å². The fourth-order valence-corrected chi connectivity index (χ4v) is 7.74. The van der Waals surface area contributed by atoms with Crippen molar-refractivity contribution in [3.05, 3.63) is 85.1 Å². The van der Waals surface area contributed by atoms with Crippen molar-refractivity contribution in [2.75, 3.05) is 40.9 Å². The van der Waals surface area contributed by atoms with Gasteiger partial charge in [0.1, 0.15) is 19.3 Å². The molecule has 1 amide bonds. The highest BCUT2D eigenvalue weighted by Gasteiger charge is 2.27. The number of amides is 1. The predicted molar refractivity (Wildman–Crippen MR) is 279 cm³/mol. The molecule has 0 aromatic rings. The van der Waals surface area contributed by atoms with Gasteiger partial charge in [-0.2, -0.15) is 0 Å². The molecule has 0 bridgehead atoms. The van der Waals surface area contributed by atoms with Crippen LogP contribution in [0.5, 0.6) is 0 Å². The van der Waals surface area contributed by atoms with E-state index in [0.29, 0.717) is 23.9 Å². The van der Waals surface area contributed by atoms with E-state index >= 15 is 0 Å². The largest absolute Gasteiger partial charge is 0.756 e. The first-order valence-corrected chi connectivity index (χ1v) is 27.9. The Morgan fingerprint density at radius 1 is 0.545 bits per heavy atom. The SMILES string of the molecule is CC/C=C/C/C=C/C/C=C/CCCCCCC(=O)NC(COP(=O)([O-])OCC[N+](C)(C)C)C(/C=C/CCCCCCCCCCCC)OC(=O)CCCCCC/C=C/C/C=C/C/C=C/CC. The number of unbranched alkanes of at least 4 members (excludes halogenated alkanes) is 18. The minimum atomic E-state index is -4.70. The van der Waals surface area contributed by atoms with Crippen LogP contribution in [0.3, 0.4) is 0 Å². The highest BCUT2D eigenvalue weighted by molar-refractivity contribution is 7.45. The Bertz CT molecular complexity index is 1410. The number of hydrogen-bond acceptors (Lipinski definition) is 7. The maximum absolute atomic E-state index is 13.4. The lowest BCUT2D eigenvalue weighted by molar-refractivity contribution is -0.870. The predicted octanol–water partition coefficient (Wildman–Crippen LogP) is 14.9. The third kappa shape index (κ3) is 46.3. The minimum absolute atomic E-state index is 0.0346. The number of carbonyl (C=O) groups is 2. The Balaban J connectivity index is 5.51. The molecule has 0 aliphatic rings. The van der Waals surface area contributed by atoms with Gasteiger partial charge in [-0.1, -0.05) is 183 Å². The highest BCUT2D eigenvalue weighted by Crippen LogP contribution is 2.38. The van der Waals surface area contributed by atoms with Crippen LogP contribution in [0.1, 0.15) is 207 Å². The zero-order valence-electron chi connectivity index (χ0n) is 43.1. The second-order valence-electron chi connectivity index (χ2n) is 18.6. The van der Waals surface area contributed by atoms with Crippen LogP contribution in [0.4, 0.5) is 0 Å². The molecule has 0 aliphatic heterocycles. The number of nitrogens with zero attached hydrogens (tertiary/aromatic N) is 1. The average Bonchev–Trinajstić information content (AvgIpc) is 3.27. The van der Waals surface area contributed by atoms with Crippen molar-refractivity contribution in [1.29, 1.82) is 0 Å². The van der Waals surface area contributed by atoms with Gasteiger partial charge in [-0.05, 0) is 96.0 Å². The van der Waals surface area contributed by atoms with Gasteiger partial charge in [-0.25, -0.2) is 0 Å². The van der Waals surface area contributed by atoms with E-state index in [1.54, 1.807) is 0 Å². The average molecular weight is 943 g/mol. The van der Waals surface area contributed by atoms with E-state index in [4.69, 9.17) is 13.8 Å². The molecular weight excluding hydrogens is 844 g/mol. The van der Waals surface area contributed by atoms with Crippen molar-refractivity contribution in [3.63, 3.8) is 0 Å². The van der Waals surface area contributed by atoms with Crippen LogP contribution in [0.15, 0.2) is 85.1 Å². The number of ether oxygens (including phenoxy) is 1. The van der Waals surface area contributed by atoms with Crippen LogP contribution in [0, 0.1) is 0 Å². The van der Waals surface area contributed by atoms with Crippen molar-refractivity contribution >= 4 is 19.7 Å². The normalized spacial score (nSPS) is 14.6. The quantitative estimate of drug-likeness (QED) is 0.0212. The first-order chi connectivity index (χ1) is 31.9. The summed E-state index contributed by atoms with van der Waals surface area (Å²) in [5.74, 6) is -0.601. The number of allylic oxidation sites excluding steroid dienone is 13. The smallest absolute Gasteiger partial charge is 0.306 e. The number of likely N-dealkylation sites (N-methyl/N-ethyl adjacent to an activating group) is 1. The summed E-state index contributed by atoms with van der Waals surface area (Å²) in [6, 6.07) is -0.911. The van der Waals surface area contributed by atoms with E-state index in [-0.39, 0.29) is 31.3 Å². The molecule has 0 heterocycles. The molecule has 3 unspecified atom stereocenters. The van der Waals surface area contributed by atoms with Gasteiger partial charge in [0, 0.05) is 12.8 Å². The van der Waals surface area contributed by atoms with Crippen LogP contribution in [-0.4, -0.2) is 69.4 Å². The Hall–Kier alpha value is -2.81. The zero-order valence-corrected chi connectivity index (χ0v) is 44.0. The summed E-state index contributed by atoms with van der Waals surface area (Å²) in [7, 11) is 1.14. The van der Waals surface area contributed by atoms with Crippen LogP contribution in [-0.2, 0) is 27.9 Å². The van der Waals surface area contributed by atoms with Crippen molar-refractivity contribution in [1.82, 2.24) is 5.32 Å². The Labute approximate surface area is 406 Å². The second kappa shape index (κ2) is 45.9. The molecule has 0 saturated carbocycles. The molecule has 1 N–H and O–H groups in total. The van der Waals surface area contributed by atoms with Crippen molar-refractivity contribution in [2.24, 2.45) is 0 Å². The molecule has 3 atom stereocenters. The Morgan fingerprint density at radius 3 is 1.45 bits per heavy atom. The van der Waals surface area contributed by atoms with Gasteiger partial charge in [0.2, 0.25) is 5.91 Å². The van der Waals surface area contributed by atoms with Crippen LogP contribution >= 0.6 is 7.82 Å². The molecule has 0 spiro atoms. The third-order valence-corrected chi connectivity index (χ3v) is 12.0. The minimum Gasteiger partial charge on any atom is -0.756 e. The third-order valence-electron chi connectivity index (χ3n) is 11.1. The number of phosphoric acid groups is 1. The lowest BCUT2D eigenvalue weighted by Crippen LogP contribution is -2.47. The van der Waals surface area contributed by atoms with Gasteiger partial charge in [-0.15, -0.1) is 0 Å². The Kier molecular flexibility index (Phi) is 44.0. The summed E-state index contributed by atoms with van der Waals surface area (Å²) in [6.45, 7) is 6.55. The van der Waals surface area contributed by atoms with Crippen molar-refractivity contribution < 1.29 is 37.3 Å². The molecule has 0 rings (SSSR count). The molecule has 9 nitrogen and oxygen atoms in total. The second-order valence-corrected chi connectivity index (χ2v) is 20.0. The summed E-state index contributed by atoms with van der Waals surface area (Å²) in [5.41, 5.74) is 0. The number of esters is 1. The van der Waals surface area contributed by atoms with E-state index in [2.05, 4.69) is 99.0 Å². The van der Waals surface area contributed by atoms with E-state index in [0.717, 1.165) is 109 Å². The van der Waals surface area contributed by atoms with Gasteiger partial charge in [0.25, 0.3) is 7.82 Å². The number of rotatable bonds is 46. The Morgan fingerprint density at radius 2 is 0.970 bits per heavy atom. The molecule has 66 heavy (non-hydrogen) atoms. The monoisotopic (exact) mass is 943 g/mol. The molecule has 0 radical (unpaired) electrons. The maximum atomic E-state index is 13.4. The first-order valence-electron chi connectivity index (χ1n) is 26.4. The summed E-state index contributed by atoms with van der Waals surface area (Å²) >= 11 is 0. The van der Waals surface area contributed by atoms with Crippen LogP contribution in [0.2, 0.25) is 0 Å². The van der Waals surface area contributed by atoms with E-state index < -0.39 is 26.6 Å². The van der Waals surface area contributed by atoms with Crippen LogP contribution < -0.4 is 10.2 Å². The maximum Gasteiger partial charge on any atom is 0.306 e. The topological polar surface area (TPSA) is 114 Å². The number of carbonyl (C=O) groups excluding carboxylic acids is 2. The summed E-state index contributed by atoms with van der Waals surface area (Å²) in [6.07, 6.45) is 58.3.